The van der Waals surface area contributed by atoms with Gasteiger partial charge in [0.05, 0.1) is 5.60 Å². The zero-order valence-electron chi connectivity index (χ0n) is 10.0. The highest BCUT2D eigenvalue weighted by Crippen LogP contribution is 2.25. The number of aliphatic hydroxyl groups is 1. The van der Waals surface area contributed by atoms with Crippen molar-refractivity contribution in [3.05, 3.63) is 29.3 Å². The Morgan fingerprint density at radius 1 is 1.27 bits per heavy atom. The smallest absolute Gasteiger partial charge is 0.0710 e. The van der Waals surface area contributed by atoms with E-state index in [2.05, 4.69) is 32.0 Å². The fourth-order valence-corrected chi connectivity index (χ4v) is 2.25. The van der Waals surface area contributed by atoms with Crippen molar-refractivity contribution in [3.8, 4) is 0 Å². The van der Waals surface area contributed by atoms with Gasteiger partial charge in [0.15, 0.2) is 0 Å². The van der Waals surface area contributed by atoms with Gasteiger partial charge in [0.2, 0.25) is 0 Å². The maximum Gasteiger partial charge on any atom is 0.0710 e. The molecule has 0 saturated heterocycles. The van der Waals surface area contributed by atoms with Gasteiger partial charge in [-0.15, -0.1) is 11.8 Å². The summed E-state index contributed by atoms with van der Waals surface area (Å²) in [4.78, 5) is 1.24. The standard InChI is InChI=1S/C13H20OS/c1-5-13(4,14)9-15-12-7-6-10(2)11(3)8-12/h6-8,14H,5,9H2,1-4H3. The van der Waals surface area contributed by atoms with E-state index in [1.54, 1.807) is 11.8 Å². The SMILES string of the molecule is CCC(C)(O)CSc1ccc(C)c(C)c1. The third-order valence-corrected chi connectivity index (χ3v) is 4.14. The third-order valence-electron chi connectivity index (χ3n) is 2.79. The second kappa shape index (κ2) is 5.04. The molecule has 1 atom stereocenters. The van der Waals surface area contributed by atoms with Crippen LogP contribution in [0, 0.1) is 13.8 Å². The van der Waals surface area contributed by atoms with Gasteiger partial charge < -0.3 is 5.11 Å². The van der Waals surface area contributed by atoms with E-state index in [-0.39, 0.29) is 0 Å². The van der Waals surface area contributed by atoms with Gasteiger partial charge in [0.25, 0.3) is 0 Å². The van der Waals surface area contributed by atoms with Crippen LogP contribution in [0.5, 0.6) is 0 Å². The lowest BCUT2D eigenvalue weighted by Crippen LogP contribution is -2.25. The minimum absolute atomic E-state index is 0.552. The summed E-state index contributed by atoms with van der Waals surface area (Å²) in [5, 5.41) is 9.89. The maximum atomic E-state index is 9.89. The fourth-order valence-electron chi connectivity index (χ4n) is 1.14. The second-order valence-electron chi connectivity index (χ2n) is 4.39. The molecule has 0 aliphatic heterocycles. The number of thioether (sulfide) groups is 1. The van der Waals surface area contributed by atoms with Crippen molar-refractivity contribution >= 4 is 11.8 Å². The monoisotopic (exact) mass is 224 g/mol. The summed E-state index contributed by atoms with van der Waals surface area (Å²) in [5.41, 5.74) is 2.08. The molecule has 1 aromatic carbocycles. The second-order valence-corrected chi connectivity index (χ2v) is 5.43. The Hall–Kier alpha value is -0.470. The number of hydrogen-bond acceptors (Lipinski definition) is 2. The van der Waals surface area contributed by atoms with Gasteiger partial charge in [0.1, 0.15) is 0 Å². The predicted molar refractivity (Wildman–Crippen MR) is 67.6 cm³/mol. The Balaban J connectivity index is 2.62. The Morgan fingerprint density at radius 2 is 1.93 bits per heavy atom. The first-order chi connectivity index (χ1) is 6.94. The van der Waals surface area contributed by atoms with Crippen LogP contribution >= 0.6 is 11.8 Å². The highest BCUT2D eigenvalue weighted by Gasteiger charge is 2.17. The van der Waals surface area contributed by atoms with Crippen LogP contribution in [0.4, 0.5) is 0 Å². The summed E-state index contributed by atoms with van der Waals surface area (Å²) in [5.74, 6) is 0.756. The van der Waals surface area contributed by atoms with Crippen molar-refractivity contribution in [3.63, 3.8) is 0 Å². The number of rotatable bonds is 4. The zero-order valence-corrected chi connectivity index (χ0v) is 10.8. The minimum atomic E-state index is -0.552. The van der Waals surface area contributed by atoms with Gasteiger partial charge in [-0.3, -0.25) is 0 Å². The van der Waals surface area contributed by atoms with Crippen LogP contribution in [0.3, 0.4) is 0 Å². The Labute approximate surface area is 96.9 Å². The fraction of sp³-hybridized carbons (Fsp3) is 0.538. The van der Waals surface area contributed by atoms with E-state index in [0.29, 0.717) is 0 Å². The topological polar surface area (TPSA) is 20.2 Å². The molecule has 1 aromatic rings. The molecule has 0 radical (unpaired) electrons. The lowest BCUT2D eigenvalue weighted by Gasteiger charge is -2.20. The van der Waals surface area contributed by atoms with E-state index >= 15 is 0 Å². The van der Waals surface area contributed by atoms with Gasteiger partial charge in [-0.05, 0) is 50.5 Å². The third kappa shape index (κ3) is 3.88. The van der Waals surface area contributed by atoms with E-state index in [4.69, 9.17) is 0 Å². The molecule has 0 bridgehead atoms. The summed E-state index contributed by atoms with van der Waals surface area (Å²) >= 11 is 1.72. The van der Waals surface area contributed by atoms with Crippen molar-refractivity contribution in [2.24, 2.45) is 0 Å². The molecule has 0 heterocycles. The molecule has 0 saturated carbocycles. The molecule has 1 rings (SSSR count). The normalized spacial score (nSPS) is 15.0. The van der Waals surface area contributed by atoms with Crippen LogP contribution in [0.2, 0.25) is 0 Å². The average Bonchev–Trinajstić information content (AvgIpc) is 2.20. The van der Waals surface area contributed by atoms with Crippen LogP contribution < -0.4 is 0 Å². The predicted octanol–water partition coefficient (Wildman–Crippen LogP) is 3.56. The summed E-state index contributed by atoms with van der Waals surface area (Å²) in [6.45, 7) is 8.14. The van der Waals surface area contributed by atoms with Crippen molar-refractivity contribution in [1.82, 2.24) is 0 Å². The van der Waals surface area contributed by atoms with E-state index in [1.807, 2.05) is 13.8 Å². The largest absolute Gasteiger partial charge is 0.389 e. The summed E-state index contributed by atoms with van der Waals surface area (Å²) in [6.07, 6.45) is 0.796. The molecule has 0 spiro atoms. The molecule has 1 nitrogen and oxygen atoms in total. The van der Waals surface area contributed by atoms with Gasteiger partial charge in [-0.2, -0.15) is 0 Å². The first-order valence-corrected chi connectivity index (χ1v) is 6.35. The molecule has 1 N–H and O–H groups in total. The Kier molecular flexibility index (Phi) is 4.23. The van der Waals surface area contributed by atoms with Crippen molar-refractivity contribution < 1.29 is 5.11 Å². The lowest BCUT2D eigenvalue weighted by atomic mass is 10.1. The van der Waals surface area contributed by atoms with E-state index in [0.717, 1.165) is 12.2 Å². The molecule has 2 heteroatoms. The van der Waals surface area contributed by atoms with E-state index in [9.17, 15) is 5.11 Å². The summed E-state index contributed by atoms with van der Waals surface area (Å²) < 4.78 is 0. The van der Waals surface area contributed by atoms with E-state index in [1.165, 1.54) is 16.0 Å². The van der Waals surface area contributed by atoms with Crippen LogP contribution in [-0.4, -0.2) is 16.5 Å². The van der Waals surface area contributed by atoms with Crippen LogP contribution in [-0.2, 0) is 0 Å². The van der Waals surface area contributed by atoms with Crippen molar-refractivity contribution in [2.45, 2.75) is 44.6 Å². The minimum Gasteiger partial charge on any atom is -0.389 e. The highest BCUT2D eigenvalue weighted by molar-refractivity contribution is 7.99. The van der Waals surface area contributed by atoms with Crippen molar-refractivity contribution in [2.75, 3.05) is 5.75 Å². The molecular weight excluding hydrogens is 204 g/mol. The average molecular weight is 224 g/mol. The van der Waals surface area contributed by atoms with Crippen molar-refractivity contribution in [1.29, 1.82) is 0 Å². The first kappa shape index (κ1) is 12.6. The number of benzene rings is 1. The van der Waals surface area contributed by atoms with Crippen LogP contribution in [0.1, 0.15) is 31.4 Å². The van der Waals surface area contributed by atoms with Crippen LogP contribution in [0.25, 0.3) is 0 Å². The highest BCUT2D eigenvalue weighted by atomic mass is 32.2. The van der Waals surface area contributed by atoms with Crippen LogP contribution in [0.15, 0.2) is 23.1 Å². The molecule has 0 aliphatic rings. The quantitative estimate of drug-likeness (QED) is 0.789. The molecule has 0 amide bonds. The maximum absolute atomic E-state index is 9.89. The lowest BCUT2D eigenvalue weighted by molar-refractivity contribution is 0.0816. The zero-order chi connectivity index (χ0) is 11.5. The number of hydrogen-bond donors (Lipinski definition) is 1. The molecule has 0 fully saturated rings. The van der Waals surface area contributed by atoms with Gasteiger partial charge in [-0.1, -0.05) is 13.0 Å². The van der Waals surface area contributed by atoms with Gasteiger partial charge in [0, 0.05) is 10.6 Å². The molecule has 0 aliphatic carbocycles. The molecular formula is C13H20OS. The Morgan fingerprint density at radius 3 is 2.47 bits per heavy atom. The molecule has 84 valence electrons. The van der Waals surface area contributed by atoms with Gasteiger partial charge in [-0.25, -0.2) is 0 Å². The first-order valence-electron chi connectivity index (χ1n) is 5.37. The molecule has 1 unspecified atom stereocenters. The van der Waals surface area contributed by atoms with Gasteiger partial charge >= 0.3 is 0 Å². The molecule has 15 heavy (non-hydrogen) atoms. The Bertz CT molecular complexity index is 331. The summed E-state index contributed by atoms with van der Waals surface area (Å²) in [6, 6.07) is 6.45. The number of aryl methyl sites for hydroxylation is 2. The summed E-state index contributed by atoms with van der Waals surface area (Å²) in [7, 11) is 0. The van der Waals surface area contributed by atoms with E-state index < -0.39 is 5.60 Å². The molecule has 0 aromatic heterocycles.